The van der Waals surface area contributed by atoms with E-state index >= 15 is 0 Å². The lowest BCUT2D eigenvalue weighted by Crippen LogP contribution is -2.36. The summed E-state index contributed by atoms with van der Waals surface area (Å²) < 4.78 is 33.7. The summed E-state index contributed by atoms with van der Waals surface area (Å²) in [5.41, 5.74) is 3.98. The molecule has 188 valence electrons. The zero-order valence-electron chi connectivity index (χ0n) is 19.6. The van der Waals surface area contributed by atoms with Crippen molar-refractivity contribution in [2.45, 2.75) is 32.1 Å². The van der Waals surface area contributed by atoms with Crippen LogP contribution in [-0.2, 0) is 18.4 Å². The molecule has 1 aromatic carbocycles. The molecule has 1 unspecified atom stereocenters. The van der Waals surface area contributed by atoms with Crippen LogP contribution in [0.25, 0.3) is 11.3 Å². The van der Waals surface area contributed by atoms with E-state index in [0.717, 1.165) is 48.0 Å². The van der Waals surface area contributed by atoms with Crippen LogP contribution in [0.3, 0.4) is 0 Å². The number of halogens is 3. The van der Waals surface area contributed by atoms with E-state index in [1.54, 1.807) is 11.3 Å². The number of alkyl halides is 3. The van der Waals surface area contributed by atoms with E-state index in [4.69, 9.17) is 9.90 Å². The van der Waals surface area contributed by atoms with Crippen LogP contribution in [-0.4, -0.2) is 68.7 Å². The number of rotatable bonds is 5. The van der Waals surface area contributed by atoms with Gasteiger partial charge in [-0.05, 0) is 32.0 Å². The summed E-state index contributed by atoms with van der Waals surface area (Å²) in [5.74, 6) is -2.65. The zero-order chi connectivity index (χ0) is 25.8. The Bertz CT molecular complexity index is 1160. The van der Waals surface area contributed by atoms with Crippen LogP contribution in [0.1, 0.15) is 27.5 Å². The predicted octanol–water partition coefficient (Wildman–Crippen LogP) is 4.44. The number of aromatic nitrogens is 2. The van der Waals surface area contributed by atoms with Crippen LogP contribution in [0.4, 0.5) is 13.2 Å². The van der Waals surface area contributed by atoms with Gasteiger partial charge in [0.1, 0.15) is 5.69 Å². The first-order valence-electron chi connectivity index (χ1n) is 10.9. The van der Waals surface area contributed by atoms with E-state index in [9.17, 15) is 18.0 Å². The number of carboxylic acids is 1. The smallest absolute Gasteiger partial charge is 0.475 e. The molecule has 1 atom stereocenters. The largest absolute Gasteiger partial charge is 0.490 e. The molecule has 2 aromatic heterocycles. The van der Waals surface area contributed by atoms with Gasteiger partial charge in [0.05, 0.1) is 10.7 Å². The summed E-state index contributed by atoms with van der Waals surface area (Å²) in [5, 5.41) is 10.2. The summed E-state index contributed by atoms with van der Waals surface area (Å²) in [7, 11) is 4.09. The Morgan fingerprint density at radius 2 is 1.91 bits per heavy atom. The van der Waals surface area contributed by atoms with Crippen molar-refractivity contribution >= 4 is 23.2 Å². The molecule has 1 N–H and O–H groups in total. The molecule has 1 aliphatic heterocycles. The molecule has 0 bridgehead atoms. The Hall–Kier alpha value is -3.18. The highest BCUT2D eigenvalue weighted by Crippen LogP contribution is 2.25. The van der Waals surface area contributed by atoms with Gasteiger partial charge in [-0.25, -0.2) is 9.78 Å². The lowest BCUT2D eigenvalue weighted by atomic mass is 10.1. The molecule has 3 aromatic rings. The number of hydrogen-bond acceptors (Lipinski definition) is 5. The fraction of sp³-hybridized carbons (Fsp3) is 0.375. The number of likely N-dealkylation sites (tertiary alicyclic amines) is 1. The summed E-state index contributed by atoms with van der Waals surface area (Å²) in [6.07, 6.45) is -2.07. The molecule has 1 saturated heterocycles. The number of amides is 1. The molecule has 7 nitrogen and oxygen atoms in total. The van der Waals surface area contributed by atoms with Crippen molar-refractivity contribution in [3.63, 3.8) is 0 Å². The van der Waals surface area contributed by atoms with E-state index in [0.29, 0.717) is 6.04 Å². The standard InChI is InChI=1S/C22H26N4OS.C2HF3O2/c1-16-23-20(15-28-16)18-11-21(25(3)13-18)22(27)26-10-9-19(14-26)24(2)12-17-7-5-4-6-8-17;3-2(4,5)1(6)7/h4-8,11,13,15,19H,9-10,12,14H2,1-3H3;(H,6,7). The maximum Gasteiger partial charge on any atom is 0.490 e. The minimum absolute atomic E-state index is 0.108. The second kappa shape index (κ2) is 11.0. The van der Waals surface area contributed by atoms with Crippen LogP contribution < -0.4 is 0 Å². The van der Waals surface area contributed by atoms with Gasteiger partial charge in [-0.3, -0.25) is 9.69 Å². The van der Waals surface area contributed by atoms with Crippen LogP contribution in [0.15, 0.2) is 48.0 Å². The molecule has 1 aliphatic rings. The van der Waals surface area contributed by atoms with Crippen LogP contribution >= 0.6 is 11.3 Å². The number of benzene rings is 1. The lowest BCUT2D eigenvalue weighted by molar-refractivity contribution is -0.192. The Labute approximate surface area is 205 Å². The van der Waals surface area contributed by atoms with Gasteiger partial charge in [0.15, 0.2) is 0 Å². The number of carbonyl (C=O) groups is 2. The van der Waals surface area contributed by atoms with E-state index in [1.807, 2.05) is 47.1 Å². The van der Waals surface area contributed by atoms with E-state index in [-0.39, 0.29) is 5.91 Å². The summed E-state index contributed by atoms with van der Waals surface area (Å²) in [6, 6.07) is 12.9. The van der Waals surface area contributed by atoms with Gasteiger partial charge in [0.25, 0.3) is 5.91 Å². The van der Waals surface area contributed by atoms with Crippen molar-refractivity contribution in [3.05, 3.63) is 64.2 Å². The fourth-order valence-corrected chi connectivity index (χ4v) is 4.48. The summed E-state index contributed by atoms with van der Waals surface area (Å²) in [6.45, 7) is 4.49. The maximum atomic E-state index is 13.1. The summed E-state index contributed by atoms with van der Waals surface area (Å²) >= 11 is 1.63. The third kappa shape index (κ3) is 6.92. The zero-order valence-corrected chi connectivity index (χ0v) is 20.4. The van der Waals surface area contributed by atoms with Crippen molar-refractivity contribution in [3.8, 4) is 11.3 Å². The number of aliphatic carboxylic acids is 1. The van der Waals surface area contributed by atoms with E-state index in [1.165, 1.54) is 5.56 Å². The minimum Gasteiger partial charge on any atom is -0.475 e. The normalized spacial score (nSPS) is 15.7. The van der Waals surface area contributed by atoms with Gasteiger partial charge < -0.3 is 14.6 Å². The first kappa shape index (κ1) is 26.4. The van der Waals surface area contributed by atoms with Gasteiger partial charge in [0.2, 0.25) is 0 Å². The lowest BCUT2D eigenvalue weighted by Gasteiger charge is -2.24. The number of carbonyl (C=O) groups excluding carboxylic acids is 1. The molecule has 3 heterocycles. The van der Waals surface area contributed by atoms with Crippen molar-refractivity contribution in [2.75, 3.05) is 20.1 Å². The van der Waals surface area contributed by atoms with Gasteiger partial charge in [-0.1, -0.05) is 30.3 Å². The average Bonchev–Trinajstić information content (AvgIpc) is 3.53. The van der Waals surface area contributed by atoms with E-state index in [2.05, 4.69) is 41.2 Å². The molecule has 0 radical (unpaired) electrons. The van der Waals surface area contributed by atoms with Crippen LogP contribution in [0.2, 0.25) is 0 Å². The molecule has 0 aliphatic carbocycles. The average molecular weight is 509 g/mol. The molecule has 0 spiro atoms. The highest BCUT2D eigenvalue weighted by Gasteiger charge is 2.38. The Balaban J connectivity index is 0.000000429. The predicted molar refractivity (Wildman–Crippen MR) is 127 cm³/mol. The second-order valence-electron chi connectivity index (χ2n) is 8.37. The number of hydrogen-bond donors (Lipinski definition) is 1. The van der Waals surface area contributed by atoms with Gasteiger partial charge in [0, 0.05) is 49.9 Å². The molecular formula is C24H27F3N4O3S. The summed E-state index contributed by atoms with van der Waals surface area (Å²) in [4.78, 5) is 30.9. The number of nitrogens with zero attached hydrogens (tertiary/aromatic N) is 4. The SMILES string of the molecule is Cc1nc(-c2cc(C(=O)N3CCC(N(C)Cc4ccccc4)C3)n(C)c2)cs1.O=C(O)C(F)(F)F. The molecule has 11 heteroatoms. The van der Waals surface area contributed by atoms with Crippen molar-refractivity contribution in [2.24, 2.45) is 7.05 Å². The third-order valence-corrected chi connectivity index (χ3v) is 6.50. The Morgan fingerprint density at radius 3 is 2.49 bits per heavy atom. The number of likely N-dealkylation sites (N-methyl/N-ethyl adjacent to an activating group) is 1. The molecule has 1 fully saturated rings. The Kier molecular flexibility index (Phi) is 8.34. The molecule has 1 amide bonds. The molecule has 4 rings (SSSR count). The highest BCUT2D eigenvalue weighted by molar-refractivity contribution is 7.09. The van der Waals surface area contributed by atoms with Gasteiger partial charge >= 0.3 is 12.1 Å². The molecule has 35 heavy (non-hydrogen) atoms. The monoisotopic (exact) mass is 508 g/mol. The number of carboxylic acid groups (broad SMARTS) is 1. The quantitative estimate of drug-likeness (QED) is 0.552. The topological polar surface area (TPSA) is 78.7 Å². The van der Waals surface area contributed by atoms with Crippen molar-refractivity contribution in [1.82, 2.24) is 19.4 Å². The van der Waals surface area contributed by atoms with Gasteiger partial charge in [-0.15, -0.1) is 11.3 Å². The van der Waals surface area contributed by atoms with Crippen molar-refractivity contribution in [1.29, 1.82) is 0 Å². The molecular weight excluding hydrogens is 481 g/mol. The fourth-order valence-electron chi connectivity index (χ4n) is 3.86. The van der Waals surface area contributed by atoms with Crippen LogP contribution in [0, 0.1) is 6.92 Å². The first-order chi connectivity index (χ1) is 16.5. The number of aryl methyl sites for hydroxylation is 2. The second-order valence-corrected chi connectivity index (χ2v) is 9.44. The number of thiazole rings is 1. The third-order valence-electron chi connectivity index (χ3n) is 5.73. The van der Waals surface area contributed by atoms with Crippen molar-refractivity contribution < 1.29 is 27.9 Å². The molecule has 0 saturated carbocycles. The van der Waals surface area contributed by atoms with Crippen LogP contribution in [0.5, 0.6) is 0 Å². The maximum absolute atomic E-state index is 13.1. The van der Waals surface area contributed by atoms with E-state index < -0.39 is 12.1 Å². The van der Waals surface area contributed by atoms with Gasteiger partial charge in [-0.2, -0.15) is 13.2 Å². The highest BCUT2D eigenvalue weighted by atomic mass is 32.1. The Morgan fingerprint density at radius 1 is 1.26 bits per heavy atom. The minimum atomic E-state index is -5.08. The first-order valence-corrected chi connectivity index (χ1v) is 11.8.